The molecule has 2 heterocycles. The van der Waals surface area contributed by atoms with Crippen molar-refractivity contribution >= 4 is 23.5 Å². The lowest BCUT2D eigenvalue weighted by atomic mass is 9.89. The minimum absolute atomic E-state index is 0.00301. The Morgan fingerprint density at radius 3 is 2.88 bits per heavy atom. The summed E-state index contributed by atoms with van der Waals surface area (Å²) in [4.78, 5) is 37.2. The summed E-state index contributed by atoms with van der Waals surface area (Å²) in [6.07, 6.45) is 3.03. The lowest BCUT2D eigenvalue weighted by Gasteiger charge is -2.27. The van der Waals surface area contributed by atoms with E-state index in [4.69, 9.17) is 5.11 Å². The number of nitrogens with zero attached hydrogens (tertiary/aromatic N) is 1. The molecule has 6 nitrogen and oxygen atoms in total. The summed E-state index contributed by atoms with van der Waals surface area (Å²) < 4.78 is 0. The van der Waals surface area contributed by atoms with E-state index in [0.717, 1.165) is 24.1 Å². The Bertz CT molecular complexity index is 658. The predicted molar refractivity (Wildman–Crippen MR) is 88.5 cm³/mol. The number of benzene rings is 1. The summed E-state index contributed by atoms with van der Waals surface area (Å²) in [5.41, 5.74) is 1.95. The number of amides is 2. The van der Waals surface area contributed by atoms with Crippen molar-refractivity contribution in [1.29, 1.82) is 0 Å². The van der Waals surface area contributed by atoms with Gasteiger partial charge in [-0.2, -0.15) is 0 Å². The van der Waals surface area contributed by atoms with Gasteiger partial charge in [-0.1, -0.05) is 18.2 Å². The van der Waals surface area contributed by atoms with Crippen LogP contribution in [0, 0.1) is 5.92 Å². The molecule has 2 unspecified atom stereocenters. The van der Waals surface area contributed by atoms with Gasteiger partial charge in [0.25, 0.3) is 0 Å². The number of rotatable bonds is 5. The zero-order valence-corrected chi connectivity index (χ0v) is 13.5. The molecule has 0 aliphatic carbocycles. The smallest absolute Gasteiger partial charge is 0.305 e. The Balaban J connectivity index is 1.56. The second-order valence-electron chi connectivity index (χ2n) is 6.57. The second kappa shape index (κ2) is 7.03. The molecule has 1 aromatic carbocycles. The standard InChI is InChI=1S/C18H22N2O4/c21-16(20-9-3-5-14(20)11-17(22)23)8-7-13-10-12-4-1-2-6-15(12)19-18(13)24/h1-2,4,6,13-14H,3,5,7-11H2,(H,19,24)(H,22,23). The van der Waals surface area contributed by atoms with Crippen molar-refractivity contribution in [2.45, 2.75) is 44.6 Å². The summed E-state index contributed by atoms with van der Waals surface area (Å²) in [7, 11) is 0. The van der Waals surface area contributed by atoms with Crippen LogP contribution < -0.4 is 5.32 Å². The van der Waals surface area contributed by atoms with Crippen LogP contribution in [-0.4, -0.2) is 40.4 Å². The third kappa shape index (κ3) is 3.58. The fourth-order valence-corrected chi connectivity index (χ4v) is 3.67. The van der Waals surface area contributed by atoms with Gasteiger partial charge in [0.05, 0.1) is 6.42 Å². The first-order valence-corrected chi connectivity index (χ1v) is 8.44. The molecule has 0 aromatic heterocycles. The zero-order valence-electron chi connectivity index (χ0n) is 13.5. The number of carboxylic acids is 1. The highest BCUT2D eigenvalue weighted by Gasteiger charge is 2.32. The number of para-hydroxylation sites is 1. The molecule has 1 saturated heterocycles. The Hall–Kier alpha value is -2.37. The van der Waals surface area contributed by atoms with E-state index in [9.17, 15) is 14.4 Å². The van der Waals surface area contributed by atoms with E-state index in [2.05, 4.69) is 5.32 Å². The van der Waals surface area contributed by atoms with E-state index in [1.54, 1.807) is 4.90 Å². The Labute approximate surface area is 140 Å². The van der Waals surface area contributed by atoms with Crippen molar-refractivity contribution in [2.24, 2.45) is 5.92 Å². The Kier molecular flexibility index (Phi) is 4.83. The zero-order chi connectivity index (χ0) is 17.1. The largest absolute Gasteiger partial charge is 0.481 e. The van der Waals surface area contributed by atoms with Crippen molar-refractivity contribution in [1.82, 2.24) is 4.90 Å². The lowest BCUT2D eigenvalue weighted by Crippen LogP contribution is -2.38. The van der Waals surface area contributed by atoms with Gasteiger partial charge in [-0.15, -0.1) is 0 Å². The van der Waals surface area contributed by atoms with Crippen LogP contribution in [0.25, 0.3) is 0 Å². The molecule has 0 radical (unpaired) electrons. The first-order valence-electron chi connectivity index (χ1n) is 8.44. The molecule has 2 N–H and O–H groups in total. The van der Waals surface area contributed by atoms with Crippen LogP contribution in [0.2, 0.25) is 0 Å². The average molecular weight is 330 g/mol. The van der Waals surface area contributed by atoms with Crippen molar-refractivity contribution in [3.63, 3.8) is 0 Å². The highest BCUT2D eigenvalue weighted by atomic mass is 16.4. The van der Waals surface area contributed by atoms with Crippen molar-refractivity contribution in [3.05, 3.63) is 29.8 Å². The number of hydrogen-bond acceptors (Lipinski definition) is 3. The molecular formula is C18H22N2O4. The highest BCUT2D eigenvalue weighted by Crippen LogP contribution is 2.28. The van der Waals surface area contributed by atoms with Crippen LogP contribution in [0.4, 0.5) is 5.69 Å². The van der Waals surface area contributed by atoms with E-state index >= 15 is 0 Å². The Morgan fingerprint density at radius 1 is 1.29 bits per heavy atom. The average Bonchev–Trinajstić information content (AvgIpc) is 3.00. The van der Waals surface area contributed by atoms with Gasteiger partial charge in [-0.05, 0) is 37.3 Å². The van der Waals surface area contributed by atoms with Gasteiger partial charge in [0.1, 0.15) is 0 Å². The van der Waals surface area contributed by atoms with Gasteiger partial charge in [0.15, 0.2) is 0 Å². The van der Waals surface area contributed by atoms with Gasteiger partial charge in [-0.3, -0.25) is 14.4 Å². The molecule has 1 fully saturated rings. The number of nitrogens with one attached hydrogen (secondary N) is 1. The molecule has 0 spiro atoms. The van der Waals surface area contributed by atoms with Crippen LogP contribution in [0.5, 0.6) is 0 Å². The number of fused-ring (bicyclic) bond motifs is 1. The molecule has 2 aliphatic rings. The number of hydrogen-bond donors (Lipinski definition) is 2. The summed E-state index contributed by atoms with van der Waals surface area (Å²) in [5.74, 6) is -1.15. The van der Waals surface area contributed by atoms with Gasteiger partial charge in [0.2, 0.25) is 11.8 Å². The molecule has 0 saturated carbocycles. The maximum atomic E-state index is 12.4. The SMILES string of the molecule is O=C(O)CC1CCCN1C(=O)CCC1Cc2ccccc2NC1=O. The van der Waals surface area contributed by atoms with Crippen LogP contribution in [0.1, 0.15) is 37.7 Å². The molecule has 1 aromatic rings. The number of anilines is 1. The van der Waals surface area contributed by atoms with E-state index in [1.165, 1.54) is 0 Å². The molecule has 6 heteroatoms. The van der Waals surface area contributed by atoms with E-state index in [-0.39, 0.29) is 36.6 Å². The minimum Gasteiger partial charge on any atom is -0.481 e. The fourth-order valence-electron chi connectivity index (χ4n) is 3.67. The monoisotopic (exact) mass is 330 g/mol. The number of aliphatic carboxylic acids is 1. The lowest BCUT2D eigenvalue weighted by molar-refractivity contribution is -0.139. The number of carbonyl (C=O) groups is 3. The normalized spacial score (nSPS) is 22.8. The number of carboxylic acid groups (broad SMARTS) is 1. The van der Waals surface area contributed by atoms with Crippen LogP contribution >= 0.6 is 0 Å². The van der Waals surface area contributed by atoms with Crippen LogP contribution in [-0.2, 0) is 20.8 Å². The second-order valence-corrected chi connectivity index (χ2v) is 6.57. The van der Waals surface area contributed by atoms with Gasteiger partial charge in [0, 0.05) is 30.6 Å². The maximum absolute atomic E-state index is 12.4. The molecule has 2 amide bonds. The Morgan fingerprint density at radius 2 is 2.08 bits per heavy atom. The summed E-state index contributed by atoms with van der Waals surface area (Å²) in [5, 5.41) is 11.8. The molecule has 0 bridgehead atoms. The summed E-state index contributed by atoms with van der Waals surface area (Å²) in [6.45, 7) is 0.622. The molecule has 2 atom stereocenters. The van der Waals surface area contributed by atoms with Crippen molar-refractivity contribution < 1.29 is 19.5 Å². The van der Waals surface area contributed by atoms with Gasteiger partial charge >= 0.3 is 5.97 Å². The van der Waals surface area contributed by atoms with E-state index < -0.39 is 5.97 Å². The molecular weight excluding hydrogens is 308 g/mol. The third-order valence-corrected chi connectivity index (χ3v) is 4.93. The number of carbonyl (C=O) groups excluding carboxylic acids is 2. The highest BCUT2D eigenvalue weighted by molar-refractivity contribution is 5.96. The molecule has 3 rings (SSSR count). The first-order chi connectivity index (χ1) is 11.5. The molecule has 2 aliphatic heterocycles. The fraction of sp³-hybridized carbons (Fsp3) is 0.500. The van der Waals surface area contributed by atoms with Crippen LogP contribution in [0.3, 0.4) is 0 Å². The van der Waals surface area contributed by atoms with Crippen LogP contribution in [0.15, 0.2) is 24.3 Å². The quantitative estimate of drug-likeness (QED) is 0.865. The van der Waals surface area contributed by atoms with Gasteiger partial charge in [-0.25, -0.2) is 0 Å². The van der Waals surface area contributed by atoms with E-state index in [0.29, 0.717) is 19.4 Å². The minimum atomic E-state index is -0.872. The van der Waals surface area contributed by atoms with Crippen molar-refractivity contribution in [3.8, 4) is 0 Å². The van der Waals surface area contributed by atoms with Crippen molar-refractivity contribution in [2.75, 3.05) is 11.9 Å². The predicted octanol–water partition coefficient (Wildman–Crippen LogP) is 2.04. The summed E-state index contributed by atoms with van der Waals surface area (Å²) >= 11 is 0. The number of likely N-dealkylation sites (tertiary alicyclic amines) is 1. The maximum Gasteiger partial charge on any atom is 0.305 e. The van der Waals surface area contributed by atoms with E-state index in [1.807, 2.05) is 24.3 Å². The molecule has 24 heavy (non-hydrogen) atoms. The topological polar surface area (TPSA) is 86.7 Å². The summed E-state index contributed by atoms with van der Waals surface area (Å²) in [6, 6.07) is 7.51. The molecule has 128 valence electrons. The third-order valence-electron chi connectivity index (χ3n) is 4.93. The first kappa shape index (κ1) is 16.5. The van der Waals surface area contributed by atoms with Gasteiger partial charge < -0.3 is 15.3 Å².